The van der Waals surface area contributed by atoms with Gasteiger partial charge in [-0.25, -0.2) is 0 Å². The third kappa shape index (κ3) is 3.07. The van der Waals surface area contributed by atoms with Gasteiger partial charge in [0.05, 0.1) is 0 Å². The summed E-state index contributed by atoms with van der Waals surface area (Å²) in [6.07, 6.45) is 4.64. The zero-order chi connectivity index (χ0) is 11.5. The topological polar surface area (TPSA) is 44.4 Å². The third-order valence-electron chi connectivity index (χ3n) is 3.05. The SMILES string of the molecule is CC(NC(=S)NC1CC1)C(=O)N1CCCC1. The fourth-order valence-electron chi connectivity index (χ4n) is 1.92. The van der Waals surface area contributed by atoms with Gasteiger partial charge in [0.1, 0.15) is 6.04 Å². The monoisotopic (exact) mass is 241 g/mol. The van der Waals surface area contributed by atoms with Crippen LogP contribution in [0, 0.1) is 0 Å². The molecule has 2 N–H and O–H groups in total. The summed E-state index contributed by atoms with van der Waals surface area (Å²) in [5.41, 5.74) is 0. The molecule has 0 aromatic heterocycles. The quantitative estimate of drug-likeness (QED) is 0.711. The van der Waals surface area contributed by atoms with E-state index in [4.69, 9.17) is 12.2 Å². The summed E-state index contributed by atoms with van der Waals surface area (Å²) in [5, 5.41) is 6.85. The molecular weight excluding hydrogens is 222 g/mol. The Labute approximate surface area is 102 Å². The number of carbonyl (C=O) groups excluding carboxylic acids is 1. The van der Waals surface area contributed by atoms with Crippen LogP contribution >= 0.6 is 12.2 Å². The van der Waals surface area contributed by atoms with Crippen molar-refractivity contribution in [2.75, 3.05) is 13.1 Å². The van der Waals surface area contributed by atoms with E-state index in [9.17, 15) is 4.79 Å². The summed E-state index contributed by atoms with van der Waals surface area (Å²) in [6.45, 7) is 3.67. The van der Waals surface area contributed by atoms with Gasteiger partial charge in [-0.15, -0.1) is 0 Å². The predicted octanol–water partition coefficient (Wildman–Crippen LogP) is 0.624. The Morgan fingerprint density at radius 1 is 1.38 bits per heavy atom. The van der Waals surface area contributed by atoms with Crippen LogP contribution in [0.25, 0.3) is 0 Å². The second-order valence-electron chi connectivity index (χ2n) is 4.65. The van der Waals surface area contributed by atoms with Crippen LogP contribution in [0.3, 0.4) is 0 Å². The van der Waals surface area contributed by atoms with Crippen molar-refractivity contribution in [1.29, 1.82) is 0 Å². The van der Waals surface area contributed by atoms with Crippen molar-refractivity contribution in [3.63, 3.8) is 0 Å². The first-order valence-electron chi connectivity index (χ1n) is 6.02. The number of likely N-dealkylation sites (tertiary alicyclic amines) is 1. The molecule has 1 aliphatic heterocycles. The molecule has 1 unspecified atom stereocenters. The lowest BCUT2D eigenvalue weighted by molar-refractivity contribution is -0.131. The second-order valence-corrected chi connectivity index (χ2v) is 5.05. The normalized spacial score (nSPS) is 21.7. The lowest BCUT2D eigenvalue weighted by Gasteiger charge is -2.22. The van der Waals surface area contributed by atoms with Crippen molar-refractivity contribution in [3.8, 4) is 0 Å². The molecule has 0 spiro atoms. The molecule has 0 bridgehead atoms. The van der Waals surface area contributed by atoms with E-state index >= 15 is 0 Å². The highest BCUT2D eigenvalue weighted by molar-refractivity contribution is 7.80. The Balaban J connectivity index is 1.74. The van der Waals surface area contributed by atoms with Gasteiger partial charge in [-0.1, -0.05) is 0 Å². The summed E-state index contributed by atoms with van der Waals surface area (Å²) in [4.78, 5) is 13.9. The van der Waals surface area contributed by atoms with Gasteiger partial charge in [-0.2, -0.15) is 0 Å². The zero-order valence-electron chi connectivity index (χ0n) is 9.66. The fraction of sp³-hybridized carbons (Fsp3) is 0.818. The molecule has 0 aromatic rings. The highest BCUT2D eigenvalue weighted by Gasteiger charge is 2.26. The third-order valence-corrected chi connectivity index (χ3v) is 3.28. The highest BCUT2D eigenvalue weighted by atomic mass is 32.1. The van der Waals surface area contributed by atoms with E-state index in [-0.39, 0.29) is 11.9 Å². The van der Waals surface area contributed by atoms with Crippen LogP contribution in [0.4, 0.5) is 0 Å². The van der Waals surface area contributed by atoms with E-state index in [2.05, 4.69) is 10.6 Å². The molecule has 2 rings (SSSR count). The van der Waals surface area contributed by atoms with E-state index in [1.165, 1.54) is 12.8 Å². The Kier molecular flexibility index (Phi) is 3.63. The molecule has 1 saturated carbocycles. The Morgan fingerprint density at radius 3 is 2.56 bits per heavy atom. The number of thiocarbonyl (C=S) groups is 1. The molecule has 1 amide bonds. The molecule has 0 radical (unpaired) electrons. The Bertz CT molecular complexity index is 285. The molecule has 2 fully saturated rings. The zero-order valence-corrected chi connectivity index (χ0v) is 10.5. The van der Waals surface area contributed by atoms with Gasteiger partial charge in [0, 0.05) is 19.1 Å². The van der Waals surface area contributed by atoms with E-state index in [1.807, 2.05) is 11.8 Å². The number of hydrogen-bond donors (Lipinski definition) is 2. The van der Waals surface area contributed by atoms with Crippen LogP contribution in [-0.4, -0.2) is 41.1 Å². The summed E-state index contributed by atoms with van der Waals surface area (Å²) in [6, 6.07) is 0.325. The molecule has 0 aromatic carbocycles. The molecular formula is C11H19N3OS. The first-order chi connectivity index (χ1) is 7.66. The van der Waals surface area contributed by atoms with Crippen LogP contribution < -0.4 is 10.6 Å². The van der Waals surface area contributed by atoms with Crippen molar-refractivity contribution in [2.24, 2.45) is 0 Å². The molecule has 1 heterocycles. The van der Waals surface area contributed by atoms with Crippen molar-refractivity contribution in [2.45, 2.75) is 44.7 Å². The Morgan fingerprint density at radius 2 is 2.00 bits per heavy atom. The van der Waals surface area contributed by atoms with Gasteiger partial charge in [0.25, 0.3) is 0 Å². The van der Waals surface area contributed by atoms with E-state index in [0.717, 1.165) is 25.9 Å². The van der Waals surface area contributed by atoms with Crippen molar-refractivity contribution >= 4 is 23.2 Å². The number of hydrogen-bond acceptors (Lipinski definition) is 2. The van der Waals surface area contributed by atoms with E-state index < -0.39 is 0 Å². The fourth-order valence-corrected chi connectivity index (χ4v) is 2.27. The number of nitrogens with one attached hydrogen (secondary N) is 2. The lowest BCUT2D eigenvalue weighted by atomic mass is 10.3. The molecule has 16 heavy (non-hydrogen) atoms. The molecule has 1 atom stereocenters. The van der Waals surface area contributed by atoms with E-state index in [1.54, 1.807) is 0 Å². The minimum atomic E-state index is -0.211. The lowest BCUT2D eigenvalue weighted by Crippen LogP contribution is -2.49. The van der Waals surface area contributed by atoms with Crippen LogP contribution in [0.15, 0.2) is 0 Å². The van der Waals surface area contributed by atoms with Crippen molar-refractivity contribution in [3.05, 3.63) is 0 Å². The average Bonchev–Trinajstić information content (AvgIpc) is 2.89. The average molecular weight is 241 g/mol. The largest absolute Gasteiger partial charge is 0.360 e. The van der Waals surface area contributed by atoms with Crippen LogP contribution in [0.1, 0.15) is 32.6 Å². The summed E-state index contributed by atoms with van der Waals surface area (Å²) in [5.74, 6) is 0.164. The molecule has 5 heteroatoms. The Hall–Kier alpha value is -0.840. The van der Waals surface area contributed by atoms with Gasteiger partial charge in [0.15, 0.2) is 5.11 Å². The minimum Gasteiger partial charge on any atom is -0.360 e. The smallest absolute Gasteiger partial charge is 0.244 e. The summed E-state index contributed by atoms with van der Waals surface area (Å²) in [7, 11) is 0. The molecule has 90 valence electrons. The van der Waals surface area contributed by atoms with Gasteiger partial charge < -0.3 is 15.5 Å². The molecule has 2 aliphatic rings. The number of amides is 1. The van der Waals surface area contributed by atoms with Crippen molar-refractivity contribution in [1.82, 2.24) is 15.5 Å². The summed E-state index contributed by atoms with van der Waals surface area (Å²) >= 11 is 5.15. The van der Waals surface area contributed by atoms with Crippen LogP contribution in [-0.2, 0) is 4.79 Å². The summed E-state index contributed by atoms with van der Waals surface area (Å²) < 4.78 is 0. The minimum absolute atomic E-state index is 0.164. The number of carbonyl (C=O) groups is 1. The first-order valence-corrected chi connectivity index (χ1v) is 6.43. The van der Waals surface area contributed by atoms with E-state index in [0.29, 0.717) is 11.2 Å². The van der Waals surface area contributed by atoms with Gasteiger partial charge >= 0.3 is 0 Å². The number of nitrogens with zero attached hydrogens (tertiary/aromatic N) is 1. The van der Waals surface area contributed by atoms with Gasteiger partial charge in [0.2, 0.25) is 5.91 Å². The molecule has 1 aliphatic carbocycles. The maximum absolute atomic E-state index is 12.0. The molecule has 1 saturated heterocycles. The van der Waals surface area contributed by atoms with Crippen LogP contribution in [0.2, 0.25) is 0 Å². The number of rotatable bonds is 3. The maximum Gasteiger partial charge on any atom is 0.244 e. The predicted molar refractivity (Wildman–Crippen MR) is 67.2 cm³/mol. The first kappa shape index (κ1) is 11.6. The maximum atomic E-state index is 12.0. The van der Waals surface area contributed by atoms with Crippen LogP contribution in [0.5, 0.6) is 0 Å². The molecule has 4 nitrogen and oxygen atoms in total. The van der Waals surface area contributed by atoms with Gasteiger partial charge in [-0.05, 0) is 44.8 Å². The van der Waals surface area contributed by atoms with Gasteiger partial charge in [-0.3, -0.25) is 4.79 Å². The standard InChI is InChI=1S/C11H19N3OS/c1-8(10(15)14-6-2-3-7-14)12-11(16)13-9-4-5-9/h8-9H,2-7H2,1H3,(H2,12,13,16). The van der Waals surface area contributed by atoms with Crippen molar-refractivity contribution < 1.29 is 4.79 Å². The second kappa shape index (κ2) is 4.99. The highest BCUT2D eigenvalue weighted by Crippen LogP contribution is 2.18.